The van der Waals surface area contributed by atoms with Crippen LogP contribution in [0.1, 0.15) is 29.1 Å². The molecule has 32 heavy (non-hydrogen) atoms. The lowest BCUT2D eigenvalue weighted by molar-refractivity contribution is 0.0939. The first-order valence-electron chi connectivity index (χ1n) is 10.1. The Morgan fingerprint density at radius 2 is 1.84 bits per heavy atom. The van der Waals surface area contributed by atoms with E-state index in [0.717, 1.165) is 5.76 Å². The average Bonchev–Trinajstić information content (AvgIpc) is 3.28. The summed E-state index contributed by atoms with van der Waals surface area (Å²) in [6.45, 7) is 2.69. The van der Waals surface area contributed by atoms with Crippen molar-refractivity contribution in [3.63, 3.8) is 0 Å². The highest BCUT2D eigenvalue weighted by Gasteiger charge is 2.19. The van der Waals surface area contributed by atoms with Gasteiger partial charge in [-0.25, -0.2) is 8.42 Å². The number of sulfonamides is 1. The van der Waals surface area contributed by atoms with Crippen LogP contribution in [0.3, 0.4) is 0 Å². The predicted molar refractivity (Wildman–Crippen MR) is 122 cm³/mol. The van der Waals surface area contributed by atoms with Crippen molar-refractivity contribution in [2.24, 2.45) is 0 Å². The molecule has 2 aromatic carbocycles. The molecule has 9 heteroatoms. The van der Waals surface area contributed by atoms with Crippen molar-refractivity contribution in [3.05, 3.63) is 78.3 Å². The van der Waals surface area contributed by atoms with Crippen LogP contribution in [-0.4, -0.2) is 46.5 Å². The van der Waals surface area contributed by atoms with Gasteiger partial charge in [0.25, 0.3) is 15.9 Å². The van der Waals surface area contributed by atoms with Crippen LogP contribution in [0.4, 0.5) is 5.69 Å². The van der Waals surface area contributed by atoms with Crippen LogP contribution in [0, 0.1) is 0 Å². The average molecular weight is 458 g/mol. The summed E-state index contributed by atoms with van der Waals surface area (Å²) in [5.74, 6) is 1.02. The van der Waals surface area contributed by atoms with Crippen molar-refractivity contribution in [2.45, 2.75) is 17.9 Å². The summed E-state index contributed by atoms with van der Waals surface area (Å²) in [6, 6.07) is 16.0. The van der Waals surface area contributed by atoms with Crippen LogP contribution < -0.4 is 14.8 Å². The number of nitrogens with one attached hydrogen (secondary N) is 2. The molecule has 3 rings (SSSR count). The zero-order chi connectivity index (χ0) is 23.1. The highest BCUT2D eigenvalue weighted by molar-refractivity contribution is 7.92. The van der Waals surface area contributed by atoms with Crippen LogP contribution in [-0.2, 0) is 10.0 Å². The van der Waals surface area contributed by atoms with Gasteiger partial charge in [0.05, 0.1) is 23.8 Å². The first kappa shape index (κ1) is 23.4. The maximum absolute atomic E-state index is 12.7. The third-order valence-electron chi connectivity index (χ3n) is 4.77. The first-order chi connectivity index (χ1) is 15.3. The van der Waals surface area contributed by atoms with Gasteiger partial charge in [0.15, 0.2) is 0 Å². The van der Waals surface area contributed by atoms with Crippen molar-refractivity contribution in [2.75, 3.05) is 32.0 Å². The van der Waals surface area contributed by atoms with Gasteiger partial charge in [-0.2, -0.15) is 0 Å². The van der Waals surface area contributed by atoms with E-state index in [1.54, 1.807) is 42.7 Å². The fraction of sp³-hybridized carbons (Fsp3) is 0.261. The second-order valence-electron chi connectivity index (χ2n) is 7.30. The number of rotatable bonds is 10. The van der Waals surface area contributed by atoms with Crippen LogP contribution in [0.5, 0.6) is 5.75 Å². The van der Waals surface area contributed by atoms with Crippen LogP contribution >= 0.6 is 0 Å². The van der Waals surface area contributed by atoms with Crippen LogP contribution in [0.25, 0.3) is 0 Å². The van der Waals surface area contributed by atoms with Crippen LogP contribution in [0.2, 0.25) is 0 Å². The Hall–Kier alpha value is -3.30. The Morgan fingerprint density at radius 1 is 1.09 bits per heavy atom. The Balaban J connectivity index is 1.68. The van der Waals surface area contributed by atoms with Crippen molar-refractivity contribution >= 4 is 21.6 Å². The molecule has 0 aliphatic carbocycles. The van der Waals surface area contributed by atoms with E-state index >= 15 is 0 Å². The van der Waals surface area contributed by atoms with E-state index in [4.69, 9.17) is 9.15 Å². The number of ether oxygens (including phenoxy) is 1. The molecule has 0 fully saturated rings. The lowest BCUT2D eigenvalue weighted by Crippen LogP contribution is -2.34. The molecule has 0 bridgehead atoms. The molecular weight excluding hydrogens is 430 g/mol. The molecule has 0 radical (unpaired) electrons. The predicted octanol–water partition coefficient (Wildman–Crippen LogP) is 3.51. The van der Waals surface area contributed by atoms with Gasteiger partial charge in [0.1, 0.15) is 11.5 Å². The quantitative estimate of drug-likeness (QED) is 0.483. The Bertz CT molecular complexity index is 1130. The molecule has 0 spiro atoms. The van der Waals surface area contributed by atoms with E-state index in [1.165, 1.54) is 18.2 Å². The van der Waals surface area contributed by atoms with Gasteiger partial charge >= 0.3 is 0 Å². The number of anilines is 1. The molecule has 0 unspecified atom stereocenters. The molecule has 0 aliphatic rings. The van der Waals surface area contributed by atoms with Crippen molar-refractivity contribution < 1.29 is 22.4 Å². The number of furan rings is 1. The van der Waals surface area contributed by atoms with E-state index in [9.17, 15) is 13.2 Å². The molecule has 0 aliphatic heterocycles. The van der Waals surface area contributed by atoms with Crippen molar-refractivity contribution in [1.29, 1.82) is 0 Å². The summed E-state index contributed by atoms with van der Waals surface area (Å²) >= 11 is 0. The smallest absolute Gasteiger partial charge is 0.261 e. The third-order valence-corrected chi connectivity index (χ3v) is 6.17. The largest absolute Gasteiger partial charge is 0.494 e. The van der Waals surface area contributed by atoms with E-state index in [0.29, 0.717) is 30.2 Å². The molecule has 1 amide bonds. The molecular formula is C23H27N3O5S. The number of amides is 1. The number of hydrogen-bond donors (Lipinski definition) is 2. The Labute approximate surface area is 188 Å². The molecule has 3 aromatic rings. The summed E-state index contributed by atoms with van der Waals surface area (Å²) < 4.78 is 38.7. The summed E-state index contributed by atoms with van der Waals surface area (Å²) in [6.07, 6.45) is 1.59. The maximum atomic E-state index is 12.7. The minimum absolute atomic E-state index is 0.100. The highest BCUT2D eigenvalue weighted by atomic mass is 32.2. The summed E-state index contributed by atoms with van der Waals surface area (Å²) in [4.78, 5) is 14.7. The fourth-order valence-electron chi connectivity index (χ4n) is 3.13. The number of benzene rings is 2. The number of nitrogens with zero attached hydrogens (tertiary/aromatic N) is 1. The molecule has 1 aromatic heterocycles. The summed E-state index contributed by atoms with van der Waals surface area (Å²) in [5, 5.41) is 2.88. The molecule has 2 N–H and O–H groups in total. The number of carbonyl (C=O) groups excluding carboxylic acids is 1. The molecule has 1 heterocycles. The SMILES string of the molecule is CCOc1ccc(S(=O)(=O)Nc2cccc(C(=O)NC[C@H](c3ccco3)N(C)C)c2)cc1. The molecule has 1 atom stereocenters. The first-order valence-corrected chi connectivity index (χ1v) is 11.6. The summed E-state index contributed by atoms with van der Waals surface area (Å²) in [5.41, 5.74) is 0.635. The van der Waals surface area contributed by atoms with Gasteiger partial charge in [0, 0.05) is 17.8 Å². The van der Waals surface area contributed by atoms with Gasteiger partial charge in [-0.3, -0.25) is 14.4 Å². The molecule has 0 saturated carbocycles. The van der Waals surface area contributed by atoms with Crippen molar-refractivity contribution in [3.8, 4) is 5.75 Å². The summed E-state index contributed by atoms with van der Waals surface area (Å²) in [7, 11) is -0.0135. The van der Waals surface area contributed by atoms with Crippen LogP contribution in [0.15, 0.2) is 76.2 Å². The number of hydrogen-bond acceptors (Lipinski definition) is 6. The van der Waals surface area contributed by atoms with E-state index < -0.39 is 10.0 Å². The lowest BCUT2D eigenvalue weighted by atomic mass is 10.1. The normalized spacial score (nSPS) is 12.4. The zero-order valence-electron chi connectivity index (χ0n) is 18.2. The molecule has 170 valence electrons. The van der Waals surface area contributed by atoms with Gasteiger partial charge < -0.3 is 14.5 Å². The monoisotopic (exact) mass is 457 g/mol. The highest BCUT2D eigenvalue weighted by Crippen LogP contribution is 2.21. The van der Waals surface area contributed by atoms with Crippen molar-refractivity contribution in [1.82, 2.24) is 10.2 Å². The maximum Gasteiger partial charge on any atom is 0.261 e. The minimum atomic E-state index is -3.81. The van der Waals surface area contributed by atoms with E-state index in [2.05, 4.69) is 10.0 Å². The number of carbonyl (C=O) groups is 1. The van der Waals surface area contributed by atoms with E-state index in [1.807, 2.05) is 32.0 Å². The Morgan fingerprint density at radius 3 is 2.47 bits per heavy atom. The standard InChI is InChI=1S/C23H27N3O5S/c1-4-30-19-10-12-20(13-11-19)32(28,29)25-18-8-5-7-17(15-18)23(27)24-16-21(26(2)3)22-9-6-14-31-22/h5-15,21,25H,4,16H2,1-3H3,(H,24,27)/t21-/m1/s1. The van der Waals surface area contributed by atoms with Gasteiger partial charge in [-0.15, -0.1) is 0 Å². The second kappa shape index (κ2) is 10.3. The van der Waals surface area contributed by atoms with Gasteiger partial charge in [-0.05, 0) is 75.6 Å². The zero-order valence-corrected chi connectivity index (χ0v) is 19.1. The van der Waals surface area contributed by atoms with Gasteiger partial charge in [0.2, 0.25) is 0 Å². The molecule has 0 saturated heterocycles. The lowest BCUT2D eigenvalue weighted by Gasteiger charge is -2.22. The topological polar surface area (TPSA) is 101 Å². The minimum Gasteiger partial charge on any atom is -0.494 e. The third kappa shape index (κ3) is 5.89. The second-order valence-corrected chi connectivity index (χ2v) is 8.98. The fourth-order valence-corrected chi connectivity index (χ4v) is 4.18. The molecule has 8 nitrogen and oxygen atoms in total. The Kier molecular flexibility index (Phi) is 7.55. The van der Waals surface area contributed by atoms with Gasteiger partial charge in [-0.1, -0.05) is 6.07 Å². The van der Waals surface area contributed by atoms with E-state index in [-0.39, 0.29) is 16.8 Å². The number of likely N-dealkylation sites (N-methyl/N-ethyl adjacent to an activating group) is 1.